The molecule has 0 aliphatic carbocycles. The number of hydrogen-bond acceptors (Lipinski definition) is 1. The van der Waals surface area contributed by atoms with Crippen LogP contribution in [-0.2, 0) is 4.79 Å². The molecule has 0 saturated heterocycles. The highest BCUT2D eigenvalue weighted by Crippen LogP contribution is 2.07. The third-order valence-electron chi connectivity index (χ3n) is 3.40. The molecule has 2 heteroatoms. The van der Waals surface area contributed by atoms with Gasteiger partial charge in [0.1, 0.15) is 0 Å². The van der Waals surface area contributed by atoms with Crippen LogP contribution >= 0.6 is 0 Å². The fourth-order valence-electron chi connectivity index (χ4n) is 1.96. The molecule has 0 fully saturated rings. The Morgan fingerprint density at radius 2 is 1.23 bits per heavy atom. The van der Waals surface area contributed by atoms with Gasteiger partial charge in [-0.1, -0.05) is 86.7 Å². The molecule has 0 radical (unpaired) electrons. The first-order chi connectivity index (χ1) is 10.7. The minimum atomic E-state index is -0.671. The van der Waals surface area contributed by atoms with Crippen molar-refractivity contribution in [3.8, 4) is 0 Å². The van der Waals surface area contributed by atoms with Crippen LogP contribution in [0.2, 0.25) is 0 Å². The van der Waals surface area contributed by atoms with Crippen LogP contribution in [0.25, 0.3) is 12.2 Å². The molecular formula is C20H24O2. The smallest absolute Gasteiger partial charge is 0.306 e. The summed E-state index contributed by atoms with van der Waals surface area (Å²) in [6, 6.07) is 20.6. The second-order valence-corrected chi connectivity index (χ2v) is 5.01. The zero-order valence-electron chi connectivity index (χ0n) is 13.3. The zero-order chi connectivity index (χ0) is 16.2. The molecule has 2 nitrogen and oxygen atoms in total. The van der Waals surface area contributed by atoms with Crippen molar-refractivity contribution in [3.05, 3.63) is 71.8 Å². The van der Waals surface area contributed by atoms with Crippen molar-refractivity contribution in [1.82, 2.24) is 0 Å². The van der Waals surface area contributed by atoms with Crippen LogP contribution < -0.4 is 0 Å². The van der Waals surface area contributed by atoms with Crippen molar-refractivity contribution < 1.29 is 9.90 Å². The van der Waals surface area contributed by atoms with Crippen LogP contribution in [0.4, 0.5) is 0 Å². The first kappa shape index (κ1) is 17.7. The second kappa shape index (κ2) is 10.4. The number of carboxylic acids is 1. The monoisotopic (exact) mass is 296 g/mol. The molecule has 0 spiro atoms. The quantitative estimate of drug-likeness (QED) is 0.754. The highest BCUT2D eigenvalue weighted by molar-refractivity contribution is 5.70. The minimum absolute atomic E-state index is 0.130. The largest absolute Gasteiger partial charge is 0.481 e. The molecule has 0 amide bonds. The molecule has 116 valence electrons. The minimum Gasteiger partial charge on any atom is -0.481 e. The number of benzene rings is 2. The van der Waals surface area contributed by atoms with Gasteiger partial charge in [-0.25, -0.2) is 0 Å². The molecule has 2 aromatic rings. The summed E-state index contributed by atoms with van der Waals surface area (Å²) >= 11 is 0. The van der Waals surface area contributed by atoms with E-state index >= 15 is 0 Å². The van der Waals surface area contributed by atoms with Crippen LogP contribution in [0, 0.1) is 5.92 Å². The maximum atomic E-state index is 10.2. The Hall–Kier alpha value is -2.35. The third-order valence-corrected chi connectivity index (χ3v) is 3.40. The van der Waals surface area contributed by atoms with Gasteiger partial charge in [-0.2, -0.15) is 0 Å². The Balaban J connectivity index is 0.000000261. The first-order valence-corrected chi connectivity index (χ1v) is 7.68. The molecule has 1 N–H and O–H groups in total. The lowest BCUT2D eigenvalue weighted by molar-refractivity contribution is -0.141. The van der Waals surface area contributed by atoms with Crippen LogP contribution in [0.3, 0.4) is 0 Å². The Bertz CT molecular complexity index is 513. The lowest BCUT2D eigenvalue weighted by Crippen LogP contribution is -2.10. The maximum absolute atomic E-state index is 10.2. The van der Waals surface area contributed by atoms with E-state index in [9.17, 15) is 4.79 Å². The van der Waals surface area contributed by atoms with E-state index < -0.39 is 5.97 Å². The topological polar surface area (TPSA) is 37.3 Å². The Labute approximate surface area is 133 Å². The normalized spacial score (nSPS) is 10.3. The summed E-state index contributed by atoms with van der Waals surface area (Å²) in [5.74, 6) is -0.801. The Kier molecular flexibility index (Phi) is 8.36. The van der Waals surface area contributed by atoms with E-state index in [-0.39, 0.29) is 5.92 Å². The highest BCUT2D eigenvalue weighted by Gasteiger charge is 2.10. The van der Waals surface area contributed by atoms with Crippen molar-refractivity contribution in [2.75, 3.05) is 0 Å². The van der Waals surface area contributed by atoms with E-state index in [2.05, 4.69) is 36.4 Å². The van der Waals surface area contributed by atoms with Crippen molar-refractivity contribution in [3.63, 3.8) is 0 Å². The molecule has 0 saturated carbocycles. The molecule has 0 atom stereocenters. The number of aliphatic carboxylic acids is 1. The predicted molar refractivity (Wildman–Crippen MR) is 93.5 cm³/mol. The van der Waals surface area contributed by atoms with E-state index in [1.54, 1.807) is 0 Å². The van der Waals surface area contributed by atoms with E-state index in [0.717, 1.165) is 12.8 Å². The van der Waals surface area contributed by atoms with Crippen LogP contribution in [0.1, 0.15) is 37.8 Å². The molecule has 0 aliphatic rings. The summed E-state index contributed by atoms with van der Waals surface area (Å²) in [6.45, 7) is 3.78. The Morgan fingerprint density at radius 3 is 1.45 bits per heavy atom. The molecule has 0 bridgehead atoms. The van der Waals surface area contributed by atoms with Gasteiger partial charge in [0.05, 0.1) is 5.92 Å². The van der Waals surface area contributed by atoms with Crippen molar-refractivity contribution in [1.29, 1.82) is 0 Å². The van der Waals surface area contributed by atoms with Crippen LogP contribution in [0.5, 0.6) is 0 Å². The molecule has 0 aliphatic heterocycles. The van der Waals surface area contributed by atoms with Gasteiger partial charge in [0, 0.05) is 0 Å². The molecule has 22 heavy (non-hydrogen) atoms. The summed E-state index contributed by atoms with van der Waals surface area (Å²) in [5.41, 5.74) is 2.47. The third kappa shape index (κ3) is 6.89. The molecule has 0 aromatic heterocycles. The summed E-state index contributed by atoms with van der Waals surface area (Å²) < 4.78 is 0. The fraction of sp³-hybridized carbons (Fsp3) is 0.250. The molecule has 2 aromatic carbocycles. The van der Waals surface area contributed by atoms with Crippen molar-refractivity contribution >= 4 is 18.1 Å². The summed E-state index contributed by atoms with van der Waals surface area (Å²) in [6.07, 6.45) is 5.72. The predicted octanol–water partition coefficient (Wildman–Crippen LogP) is 5.36. The van der Waals surface area contributed by atoms with Gasteiger partial charge in [0.2, 0.25) is 0 Å². The average Bonchev–Trinajstić information content (AvgIpc) is 2.56. The zero-order valence-corrected chi connectivity index (χ0v) is 13.3. The first-order valence-electron chi connectivity index (χ1n) is 7.68. The standard InChI is InChI=1S/C14H12.C6H12O2/c1-3-7-13(8-4-1)11-12-14-9-5-2-6-10-14;1-3-5(4-2)6(7)8/h1-12H;5H,3-4H2,1-2H3,(H,7,8)/b12-11+;. The number of hydrogen-bond donors (Lipinski definition) is 1. The van der Waals surface area contributed by atoms with E-state index in [0.29, 0.717) is 0 Å². The summed E-state index contributed by atoms with van der Waals surface area (Å²) in [5, 5.41) is 8.37. The van der Waals surface area contributed by atoms with E-state index in [1.807, 2.05) is 50.2 Å². The summed E-state index contributed by atoms with van der Waals surface area (Å²) in [7, 11) is 0. The Morgan fingerprint density at radius 1 is 0.864 bits per heavy atom. The van der Waals surface area contributed by atoms with Crippen molar-refractivity contribution in [2.45, 2.75) is 26.7 Å². The second-order valence-electron chi connectivity index (χ2n) is 5.01. The number of carbonyl (C=O) groups is 1. The molecular weight excluding hydrogens is 272 g/mol. The fourth-order valence-corrected chi connectivity index (χ4v) is 1.96. The van der Waals surface area contributed by atoms with E-state index in [4.69, 9.17) is 5.11 Å². The lowest BCUT2D eigenvalue weighted by Gasteiger charge is -2.02. The van der Waals surface area contributed by atoms with Gasteiger partial charge in [0.25, 0.3) is 0 Å². The van der Waals surface area contributed by atoms with Gasteiger partial charge >= 0.3 is 5.97 Å². The number of rotatable bonds is 5. The lowest BCUT2D eigenvalue weighted by atomic mass is 10.1. The van der Waals surface area contributed by atoms with Crippen LogP contribution in [-0.4, -0.2) is 11.1 Å². The van der Waals surface area contributed by atoms with Gasteiger partial charge in [0.15, 0.2) is 0 Å². The highest BCUT2D eigenvalue weighted by atomic mass is 16.4. The molecule has 0 unspecified atom stereocenters. The molecule has 2 rings (SSSR count). The van der Waals surface area contributed by atoms with Crippen LogP contribution in [0.15, 0.2) is 60.7 Å². The summed E-state index contributed by atoms with van der Waals surface area (Å²) in [4.78, 5) is 10.2. The maximum Gasteiger partial charge on any atom is 0.306 e. The van der Waals surface area contributed by atoms with Gasteiger partial charge < -0.3 is 5.11 Å². The molecule has 0 heterocycles. The van der Waals surface area contributed by atoms with E-state index in [1.165, 1.54) is 11.1 Å². The SMILES string of the molecule is C(=C\c1ccccc1)/c1ccccc1.CCC(CC)C(=O)O. The average molecular weight is 296 g/mol. The van der Waals surface area contributed by atoms with Gasteiger partial charge in [-0.3, -0.25) is 4.79 Å². The van der Waals surface area contributed by atoms with Gasteiger partial charge in [-0.15, -0.1) is 0 Å². The number of carboxylic acid groups (broad SMARTS) is 1. The van der Waals surface area contributed by atoms with Crippen molar-refractivity contribution in [2.24, 2.45) is 5.92 Å². The van der Waals surface area contributed by atoms with Gasteiger partial charge in [-0.05, 0) is 24.0 Å².